The van der Waals surface area contributed by atoms with E-state index in [1.165, 1.54) is 13.2 Å². The lowest BCUT2D eigenvalue weighted by Gasteiger charge is -2.10. The summed E-state index contributed by atoms with van der Waals surface area (Å²) >= 11 is 0. The van der Waals surface area contributed by atoms with Gasteiger partial charge in [0.2, 0.25) is 0 Å². The van der Waals surface area contributed by atoms with Crippen molar-refractivity contribution in [2.24, 2.45) is 0 Å². The van der Waals surface area contributed by atoms with Crippen molar-refractivity contribution in [3.63, 3.8) is 0 Å². The number of ketones is 1. The molecule has 0 spiro atoms. The van der Waals surface area contributed by atoms with Gasteiger partial charge in [-0.3, -0.25) is 9.59 Å². The Kier molecular flexibility index (Phi) is 7.59. The van der Waals surface area contributed by atoms with Gasteiger partial charge in [0.25, 0.3) is 5.91 Å². The molecule has 0 saturated carbocycles. The van der Waals surface area contributed by atoms with Crippen molar-refractivity contribution in [1.82, 2.24) is 0 Å². The van der Waals surface area contributed by atoms with Crippen LogP contribution in [0.25, 0.3) is 0 Å². The number of hydrogen-bond acceptors (Lipinski definition) is 6. The average molecular weight is 433 g/mol. The third-order valence-corrected chi connectivity index (χ3v) is 4.53. The number of ether oxygens (including phenoxy) is 3. The van der Waals surface area contributed by atoms with Gasteiger partial charge in [-0.05, 0) is 61.5 Å². The van der Waals surface area contributed by atoms with Gasteiger partial charge in [0.05, 0.1) is 19.3 Å². The average Bonchev–Trinajstić information content (AvgIpc) is 2.83. The molecule has 3 aromatic rings. The summed E-state index contributed by atoms with van der Waals surface area (Å²) in [5.74, 6) is -0.285. The third-order valence-electron chi connectivity index (χ3n) is 4.53. The fraction of sp³-hybridized carbons (Fsp3) is 0.160. The number of nitrogens with one attached hydrogen (secondary N) is 1. The minimum atomic E-state index is -0.760. The SMILES string of the molecule is CCOc1ccc(NC(=O)COC(=O)c2ccccc2C(=O)c2ccc(OC)cc2)cc1. The first kappa shape index (κ1) is 22.6. The zero-order valence-electron chi connectivity index (χ0n) is 17.8. The summed E-state index contributed by atoms with van der Waals surface area (Å²) in [4.78, 5) is 37.6. The predicted molar refractivity (Wildman–Crippen MR) is 119 cm³/mol. The summed E-state index contributed by atoms with van der Waals surface area (Å²) in [6, 6.07) is 19.7. The van der Waals surface area contributed by atoms with E-state index in [4.69, 9.17) is 14.2 Å². The van der Waals surface area contributed by atoms with Gasteiger partial charge < -0.3 is 19.5 Å². The number of anilines is 1. The van der Waals surface area contributed by atoms with Crippen LogP contribution in [0.5, 0.6) is 11.5 Å². The zero-order chi connectivity index (χ0) is 22.9. The summed E-state index contributed by atoms with van der Waals surface area (Å²) in [5, 5.41) is 2.64. The number of carbonyl (C=O) groups excluding carboxylic acids is 3. The summed E-state index contributed by atoms with van der Waals surface area (Å²) in [6.07, 6.45) is 0. The Labute approximate surface area is 185 Å². The molecule has 0 aliphatic carbocycles. The number of esters is 1. The first-order valence-electron chi connectivity index (χ1n) is 9.99. The molecule has 0 radical (unpaired) electrons. The Hall–Kier alpha value is -4.13. The van der Waals surface area contributed by atoms with Gasteiger partial charge in [0, 0.05) is 16.8 Å². The van der Waals surface area contributed by atoms with Crippen molar-refractivity contribution in [3.05, 3.63) is 89.5 Å². The number of carbonyl (C=O) groups is 3. The van der Waals surface area contributed by atoms with E-state index in [0.29, 0.717) is 29.4 Å². The highest BCUT2D eigenvalue weighted by Gasteiger charge is 2.20. The van der Waals surface area contributed by atoms with Crippen molar-refractivity contribution in [1.29, 1.82) is 0 Å². The summed E-state index contributed by atoms with van der Waals surface area (Å²) in [7, 11) is 1.54. The Morgan fingerprint density at radius 1 is 0.812 bits per heavy atom. The van der Waals surface area contributed by atoms with Crippen LogP contribution in [-0.4, -0.2) is 38.0 Å². The lowest BCUT2D eigenvalue weighted by Crippen LogP contribution is -2.22. The van der Waals surface area contributed by atoms with Gasteiger partial charge in [0.15, 0.2) is 12.4 Å². The second-order valence-electron chi connectivity index (χ2n) is 6.68. The van der Waals surface area contributed by atoms with Gasteiger partial charge in [-0.2, -0.15) is 0 Å². The van der Waals surface area contributed by atoms with Crippen molar-refractivity contribution in [2.75, 3.05) is 25.6 Å². The van der Waals surface area contributed by atoms with Crippen LogP contribution in [0.3, 0.4) is 0 Å². The molecular weight excluding hydrogens is 410 g/mol. The largest absolute Gasteiger partial charge is 0.497 e. The topological polar surface area (TPSA) is 90.9 Å². The predicted octanol–water partition coefficient (Wildman–Crippen LogP) is 4.12. The number of rotatable bonds is 9. The van der Waals surface area contributed by atoms with E-state index in [-0.39, 0.29) is 16.9 Å². The van der Waals surface area contributed by atoms with E-state index in [2.05, 4.69) is 5.32 Å². The highest BCUT2D eigenvalue weighted by Crippen LogP contribution is 2.19. The smallest absolute Gasteiger partial charge is 0.339 e. The van der Waals surface area contributed by atoms with Crippen LogP contribution in [0.4, 0.5) is 5.69 Å². The van der Waals surface area contributed by atoms with Gasteiger partial charge in [-0.15, -0.1) is 0 Å². The van der Waals surface area contributed by atoms with E-state index in [9.17, 15) is 14.4 Å². The monoisotopic (exact) mass is 433 g/mol. The second-order valence-corrected chi connectivity index (χ2v) is 6.68. The molecule has 7 heteroatoms. The molecule has 1 N–H and O–H groups in total. The highest BCUT2D eigenvalue weighted by molar-refractivity contribution is 6.14. The second kappa shape index (κ2) is 10.8. The lowest BCUT2D eigenvalue weighted by atomic mass is 9.98. The Balaban J connectivity index is 1.63. The molecule has 0 saturated heterocycles. The van der Waals surface area contributed by atoms with E-state index < -0.39 is 18.5 Å². The Bertz CT molecular complexity index is 1090. The molecule has 0 unspecified atom stereocenters. The normalized spacial score (nSPS) is 10.2. The van der Waals surface area contributed by atoms with Crippen molar-refractivity contribution < 1.29 is 28.6 Å². The van der Waals surface area contributed by atoms with E-state index in [0.717, 1.165) is 0 Å². The molecule has 0 fully saturated rings. The van der Waals surface area contributed by atoms with Gasteiger partial charge in [0.1, 0.15) is 11.5 Å². The van der Waals surface area contributed by atoms with Crippen molar-refractivity contribution in [2.45, 2.75) is 6.92 Å². The quantitative estimate of drug-likeness (QED) is 0.403. The molecule has 32 heavy (non-hydrogen) atoms. The molecule has 0 heterocycles. The minimum Gasteiger partial charge on any atom is -0.497 e. The maximum atomic E-state index is 12.9. The molecule has 0 atom stereocenters. The lowest BCUT2D eigenvalue weighted by molar-refractivity contribution is -0.119. The molecular formula is C25H23NO6. The van der Waals surface area contributed by atoms with E-state index in [1.54, 1.807) is 66.7 Å². The molecule has 7 nitrogen and oxygen atoms in total. The first-order chi connectivity index (χ1) is 15.5. The summed E-state index contributed by atoms with van der Waals surface area (Å²) < 4.78 is 15.6. The molecule has 1 amide bonds. The van der Waals surface area contributed by atoms with E-state index >= 15 is 0 Å². The van der Waals surface area contributed by atoms with Gasteiger partial charge in [-0.25, -0.2) is 4.79 Å². The Morgan fingerprint density at radius 3 is 2.06 bits per heavy atom. The summed E-state index contributed by atoms with van der Waals surface area (Å²) in [6.45, 7) is 1.94. The molecule has 3 aromatic carbocycles. The highest BCUT2D eigenvalue weighted by atomic mass is 16.5. The Morgan fingerprint density at radius 2 is 1.44 bits per heavy atom. The molecule has 0 bridgehead atoms. The van der Waals surface area contributed by atoms with E-state index in [1.807, 2.05) is 6.92 Å². The third kappa shape index (κ3) is 5.72. The molecule has 0 aromatic heterocycles. The van der Waals surface area contributed by atoms with Crippen LogP contribution in [0, 0.1) is 0 Å². The molecule has 3 rings (SSSR count). The van der Waals surface area contributed by atoms with Gasteiger partial charge >= 0.3 is 5.97 Å². The zero-order valence-corrected chi connectivity index (χ0v) is 17.8. The van der Waals surface area contributed by atoms with Crippen LogP contribution in [0.2, 0.25) is 0 Å². The molecule has 164 valence electrons. The number of amides is 1. The minimum absolute atomic E-state index is 0.0854. The van der Waals surface area contributed by atoms with Crippen LogP contribution < -0.4 is 14.8 Å². The first-order valence-corrected chi connectivity index (χ1v) is 9.99. The van der Waals surface area contributed by atoms with Crippen LogP contribution >= 0.6 is 0 Å². The van der Waals surface area contributed by atoms with Crippen LogP contribution in [0.15, 0.2) is 72.8 Å². The fourth-order valence-corrected chi connectivity index (χ4v) is 2.96. The number of benzene rings is 3. The molecule has 0 aliphatic rings. The van der Waals surface area contributed by atoms with Crippen molar-refractivity contribution >= 4 is 23.3 Å². The van der Waals surface area contributed by atoms with Crippen LogP contribution in [-0.2, 0) is 9.53 Å². The van der Waals surface area contributed by atoms with Crippen molar-refractivity contribution in [3.8, 4) is 11.5 Å². The fourth-order valence-electron chi connectivity index (χ4n) is 2.96. The van der Waals surface area contributed by atoms with Crippen LogP contribution in [0.1, 0.15) is 33.2 Å². The number of hydrogen-bond donors (Lipinski definition) is 1. The summed E-state index contributed by atoms with van der Waals surface area (Å²) in [5.41, 5.74) is 1.22. The maximum absolute atomic E-state index is 12.9. The standard InChI is InChI=1S/C25H23NO6/c1-3-31-20-14-10-18(11-15-20)26-23(27)16-32-25(29)22-7-5-4-6-21(22)24(28)17-8-12-19(30-2)13-9-17/h4-15H,3,16H2,1-2H3,(H,26,27). The van der Waals surface area contributed by atoms with Gasteiger partial charge in [-0.1, -0.05) is 18.2 Å². The maximum Gasteiger partial charge on any atom is 0.339 e. The number of methoxy groups -OCH3 is 1. The molecule has 0 aliphatic heterocycles.